The molecule has 1 aliphatic heterocycles. The van der Waals surface area contributed by atoms with Crippen LogP contribution < -0.4 is 0 Å². The molecule has 2 aromatic rings. The van der Waals surface area contributed by atoms with E-state index < -0.39 is 22.0 Å². The smallest absolute Gasteiger partial charge is 0.363 e. The van der Waals surface area contributed by atoms with Gasteiger partial charge in [0.1, 0.15) is 0 Å². The van der Waals surface area contributed by atoms with Crippen LogP contribution in [0.4, 0.5) is 0 Å². The number of esters is 2. The zero-order valence-corrected chi connectivity index (χ0v) is 16.8. The van der Waals surface area contributed by atoms with E-state index in [1.165, 1.54) is 39.4 Å². The third-order valence-corrected chi connectivity index (χ3v) is 5.93. The van der Waals surface area contributed by atoms with Crippen LogP contribution >= 0.6 is 0 Å². The highest BCUT2D eigenvalue weighted by atomic mass is 32.2. The third-order valence-electron chi connectivity index (χ3n) is 4.12. The lowest BCUT2D eigenvalue weighted by Gasteiger charge is -2.11. The van der Waals surface area contributed by atoms with Gasteiger partial charge in [-0.05, 0) is 42.0 Å². The van der Waals surface area contributed by atoms with Crippen molar-refractivity contribution in [2.24, 2.45) is 4.99 Å². The first kappa shape index (κ1) is 20.4. The van der Waals surface area contributed by atoms with Crippen LogP contribution in [0.5, 0.6) is 0 Å². The summed E-state index contributed by atoms with van der Waals surface area (Å²) in [5.41, 5.74) is 1.45. The minimum Gasteiger partial charge on any atom is -0.465 e. The molecular formula is C20H18N2O6S. The van der Waals surface area contributed by atoms with Crippen molar-refractivity contribution < 1.29 is 27.5 Å². The molecular weight excluding hydrogens is 396 g/mol. The van der Waals surface area contributed by atoms with Crippen LogP contribution in [0.25, 0.3) is 6.08 Å². The molecule has 0 unspecified atom stereocenters. The molecule has 0 saturated heterocycles. The van der Waals surface area contributed by atoms with Crippen molar-refractivity contribution in [3.05, 3.63) is 70.9 Å². The average Bonchev–Trinajstić information content (AvgIpc) is 3.08. The number of hydrogen-bond acceptors (Lipinski definition) is 7. The molecule has 150 valence electrons. The van der Waals surface area contributed by atoms with E-state index in [2.05, 4.69) is 9.73 Å². The van der Waals surface area contributed by atoms with E-state index >= 15 is 0 Å². The van der Waals surface area contributed by atoms with Crippen molar-refractivity contribution in [2.75, 3.05) is 21.2 Å². The van der Waals surface area contributed by atoms with Crippen LogP contribution in [0, 0.1) is 0 Å². The Bertz CT molecular complexity index is 1130. The van der Waals surface area contributed by atoms with Gasteiger partial charge in [0.05, 0.1) is 17.6 Å². The Kier molecular flexibility index (Phi) is 5.62. The summed E-state index contributed by atoms with van der Waals surface area (Å²) in [5.74, 6) is -1.10. The van der Waals surface area contributed by atoms with Gasteiger partial charge in [-0.3, -0.25) is 0 Å². The molecule has 9 heteroatoms. The van der Waals surface area contributed by atoms with Crippen molar-refractivity contribution in [1.29, 1.82) is 0 Å². The number of methoxy groups -OCH3 is 1. The first-order chi connectivity index (χ1) is 13.7. The highest BCUT2D eigenvalue weighted by Gasteiger charge is 2.26. The maximum Gasteiger partial charge on any atom is 0.363 e. The zero-order chi connectivity index (χ0) is 21.2. The third kappa shape index (κ3) is 4.25. The number of carbonyl (C=O) groups is 2. The SMILES string of the molecule is COC(=O)c1ccc(/C=C2\N=C(c3cccc(S(=O)(=O)N(C)C)c3)OC2=O)cc1. The number of hydrogen-bond donors (Lipinski definition) is 0. The van der Waals surface area contributed by atoms with E-state index in [9.17, 15) is 18.0 Å². The van der Waals surface area contributed by atoms with E-state index in [-0.39, 0.29) is 16.5 Å². The van der Waals surface area contributed by atoms with E-state index in [1.54, 1.807) is 36.4 Å². The monoisotopic (exact) mass is 414 g/mol. The van der Waals surface area contributed by atoms with Crippen molar-refractivity contribution in [2.45, 2.75) is 4.90 Å². The van der Waals surface area contributed by atoms with Crippen LogP contribution in [-0.2, 0) is 24.3 Å². The Morgan fingerprint density at radius 1 is 1.14 bits per heavy atom. The molecule has 0 spiro atoms. The maximum atomic E-state index is 12.3. The van der Waals surface area contributed by atoms with Gasteiger partial charge in [-0.1, -0.05) is 18.2 Å². The Labute approximate surface area is 168 Å². The van der Waals surface area contributed by atoms with Crippen LogP contribution in [-0.4, -0.2) is 51.8 Å². The molecule has 0 fully saturated rings. The summed E-state index contributed by atoms with van der Waals surface area (Å²) >= 11 is 0. The first-order valence-corrected chi connectivity index (χ1v) is 9.90. The summed E-state index contributed by atoms with van der Waals surface area (Å²) in [6, 6.07) is 12.4. The van der Waals surface area contributed by atoms with Crippen LogP contribution in [0.1, 0.15) is 21.5 Å². The lowest BCUT2D eigenvalue weighted by Crippen LogP contribution is -2.22. The number of sulfonamides is 1. The second-order valence-corrected chi connectivity index (χ2v) is 8.42. The predicted molar refractivity (Wildman–Crippen MR) is 106 cm³/mol. The molecule has 0 aliphatic carbocycles. The number of benzene rings is 2. The minimum atomic E-state index is -3.63. The molecule has 0 radical (unpaired) electrons. The number of rotatable bonds is 5. The normalized spacial score (nSPS) is 15.4. The minimum absolute atomic E-state index is 0.0169. The van der Waals surface area contributed by atoms with Gasteiger partial charge < -0.3 is 9.47 Å². The second-order valence-electron chi connectivity index (χ2n) is 6.26. The molecule has 0 amide bonds. The lowest BCUT2D eigenvalue weighted by atomic mass is 10.1. The Morgan fingerprint density at radius 3 is 2.45 bits per heavy atom. The Balaban J connectivity index is 1.91. The lowest BCUT2D eigenvalue weighted by molar-refractivity contribution is -0.129. The fourth-order valence-corrected chi connectivity index (χ4v) is 3.47. The fourth-order valence-electron chi connectivity index (χ4n) is 2.52. The van der Waals surface area contributed by atoms with Gasteiger partial charge in [-0.25, -0.2) is 27.3 Å². The first-order valence-electron chi connectivity index (χ1n) is 8.46. The molecule has 0 bridgehead atoms. The molecule has 0 saturated carbocycles. The number of carbonyl (C=O) groups excluding carboxylic acids is 2. The van der Waals surface area contributed by atoms with E-state index in [0.717, 1.165) is 4.31 Å². The second kappa shape index (κ2) is 7.98. The summed E-state index contributed by atoms with van der Waals surface area (Å²) in [5, 5.41) is 0. The molecule has 1 heterocycles. The van der Waals surface area contributed by atoms with Crippen LogP contribution in [0.15, 0.2) is 64.1 Å². The number of aliphatic imine (C=N–C) groups is 1. The van der Waals surface area contributed by atoms with Crippen LogP contribution in [0.3, 0.4) is 0 Å². The Hall–Kier alpha value is -3.30. The van der Waals surface area contributed by atoms with Gasteiger partial charge in [0.2, 0.25) is 15.9 Å². The Morgan fingerprint density at radius 2 is 1.83 bits per heavy atom. The van der Waals surface area contributed by atoms with Gasteiger partial charge in [0.25, 0.3) is 0 Å². The van der Waals surface area contributed by atoms with Crippen molar-refractivity contribution in [1.82, 2.24) is 4.31 Å². The highest BCUT2D eigenvalue weighted by molar-refractivity contribution is 7.89. The molecule has 3 rings (SSSR count). The van der Waals surface area contributed by atoms with Gasteiger partial charge in [0, 0.05) is 19.7 Å². The molecule has 2 aromatic carbocycles. The summed E-state index contributed by atoms with van der Waals surface area (Å²) in [6.45, 7) is 0. The molecule has 0 N–H and O–H groups in total. The van der Waals surface area contributed by atoms with Crippen LogP contribution in [0.2, 0.25) is 0 Å². The summed E-state index contributed by atoms with van der Waals surface area (Å²) < 4.78 is 35.5. The highest BCUT2D eigenvalue weighted by Crippen LogP contribution is 2.22. The summed E-state index contributed by atoms with van der Waals surface area (Å²) in [4.78, 5) is 27.9. The molecule has 0 atom stereocenters. The van der Waals surface area contributed by atoms with Gasteiger partial charge >= 0.3 is 11.9 Å². The maximum absolute atomic E-state index is 12.3. The van der Waals surface area contributed by atoms with Gasteiger partial charge in [-0.15, -0.1) is 0 Å². The zero-order valence-electron chi connectivity index (χ0n) is 15.9. The van der Waals surface area contributed by atoms with Crippen molar-refractivity contribution >= 4 is 33.9 Å². The molecule has 0 aromatic heterocycles. The largest absolute Gasteiger partial charge is 0.465 e. The van der Waals surface area contributed by atoms with E-state index in [4.69, 9.17) is 4.74 Å². The number of nitrogens with zero attached hydrogens (tertiary/aromatic N) is 2. The quantitative estimate of drug-likeness (QED) is 0.548. The fraction of sp³-hybridized carbons (Fsp3) is 0.150. The average molecular weight is 414 g/mol. The van der Waals surface area contributed by atoms with Crippen molar-refractivity contribution in [3.63, 3.8) is 0 Å². The van der Waals surface area contributed by atoms with E-state index in [1.807, 2.05) is 0 Å². The van der Waals surface area contributed by atoms with E-state index in [0.29, 0.717) is 16.7 Å². The number of cyclic esters (lactones) is 1. The van der Waals surface area contributed by atoms with Gasteiger partial charge in [-0.2, -0.15) is 0 Å². The predicted octanol–water partition coefficient (Wildman–Crippen LogP) is 2.07. The topological polar surface area (TPSA) is 102 Å². The standard InChI is InChI=1S/C20H18N2O6S/c1-22(2)29(25,26)16-6-4-5-15(12-16)18-21-17(20(24)28-18)11-13-7-9-14(10-8-13)19(23)27-3/h4-12H,1-3H3/b17-11-. The molecule has 8 nitrogen and oxygen atoms in total. The van der Waals surface area contributed by atoms with Crippen molar-refractivity contribution in [3.8, 4) is 0 Å². The molecule has 29 heavy (non-hydrogen) atoms. The summed E-state index contributed by atoms with van der Waals surface area (Å²) in [6.07, 6.45) is 1.51. The van der Waals surface area contributed by atoms with Gasteiger partial charge in [0.15, 0.2) is 5.70 Å². The number of ether oxygens (including phenoxy) is 2. The molecule has 1 aliphatic rings. The summed E-state index contributed by atoms with van der Waals surface area (Å²) in [7, 11) is 0.525.